The number of carbonyl (C=O) groups is 3. The first kappa shape index (κ1) is 21.8. The van der Waals surface area contributed by atoms with Gasteiger partial charge in [0.2, 0.25) is 0 Å². The number of cyclic esters (lactones) is 2. The molecule has 0 aromatic heterocycles. The number of ether oxygens (including phenoxy) is 3. The first-order chi connectivity index (χ1) is 15.5. The summed E-state index contributed by atoms with van der Waals surface area (Å²) < 4.78 is 18.1. The van der Waals surface area contributed by atoms with Crippen LogP contribution in [0, 0.1) is 28.1 Å². The predicted molar refractivity (Wildman–Crippen MR) is 119 cm³/mol. The van der Waals surface area contributed by atoms with Gasteiger partial charge in [0.1, 0.15) is 12.7 Å². The van der Waals surface area contributed by atoms with Crippen LogP contribution in [0.25, 0.3) is 0 Å². The number of ketones is 1. The number of esters is 2. The Hall–Kier alpha value is -1.69. The van der Waals surface area contributed by atoms with Gasteiger partial charge in [-0.1, -0.05) is 19.4 Å². The number of Topliss-reactive ketones (excluding diaryl/α,β-unsaturated/α-hetero) is 1. The molecule has 6 aliphatic rings. The Labute approximate surface area is 195 Å². The molecule has 0 aromatic carbocycles. The maximum Gasteiger partial charge on any atom is 0.308 e. The molecule has 1 spiro atoms. The Morgan fingerprint density at radius 3 is 2.36 bits per heavy atom. The average molecular weight is 457 g/mol. The molecule has 0 radical (unpaired) electrons. The molecule has 0 N–H and O–H groups in total. The lowest BCUT2D eigenvalue weighted by Gasteiger charge is -2.67. The molecular weight excluding hydrogens is 420 g/mol. The predicted octanol–water partition coefficient (Wildman–Crippen LogP) is 4.29. The Morgan fingerprint density at radius 2 is 1.64 bits per heavy atom. The lowest BCUT2D eigenvalue weighted by atomic mass is 9.37. The van der Waals surface area contributed by atoms with E-state index in [1.807, 2.05) is 0 Å². The van der Waals surface area contributed by atoms with Crippen molar-refractivity contribution in [1.29, 1.82) is 0 Å². The highest BCUT2D eigenvalue weighted by Crippen LogP contribution is 2.74. The molecular formula is C27H36O6. The van der Waals surface area contributed by atoms with Gasteiger partial charge in [-0.3, -0.25) is 14.4 Å². The second-order valence-electron chi connectivity index (χ2n) is 12.5. The quantitative estimate of drug-likeness (QED) is 0.548. The van der Waals surface area contributed by atoms with Gasteiger partial charge in [-0.2, -0.15) is 0 Å². The number of hydrogen-bond acceptors (Lipinski definition) is 6. The van der Waals surface area contributed by atoms with Crippen LogP contribution in [0.5, 0.6) is 0 Å². The number of allylic oxidation sites excluding steroid dienone is 1. The van der Waals surface area contributed by atoms with Gasteiger partial charge in [-0.05, 0) is 75.0 Å². The molecule has 3 saturated heterocycles. The Kier molecular flexibility index (Phi) is 4.43. The molecule has 7 atom stereocenters. The van der Waals surface area contributed by atoms with E-state index in [9.17, 15) is 14.4 Å². The molecule has 0 bridgehead atoms. The van der Waals surface area contributed by atoms with Crippen LogP contribution in [-0.2, 0) is 28.6 Å². The fourth-order valence-corrected chi connectivity index (χ4v) is 9.46. The zero-order valence-corrected chi connectivity index (χ0v) is 20.3. The average Bonchev–Trinajstić information content (AvgIpc) is 3.26. The maximum absolute atomic E-state index is 13.2. The standard InChI is InChI=1S/C27H36O6/c1-24(2)18-10-12-26(4)19(27(18)14-31-22(30)13-20(27)33-24)7-5-15-23(17-6-8-21(29)32-17)16(28)9-11-25(15,26)3/h17-20H,5-14H2,1-4H3/t17-,18+,19+,20+,25-,26-,27+/m1/s1. The zero-order chi connectivity index (χ0) is 23.4. The number of fused-ring (bicyclic) bond motifs is 3. The van der Waals surface area contributed by atoms with Crippen molar-refractivity contribution < 1.29 is 28.6 Å². The van der Waals surface area contributed by atoms with Crippen molar-refractivity contribution in [2.24, 2.45) is 28.1 Å². The molecule has 0 unspecified atom stereocenters. The highest BCUT2D eigenvalue weighted by molar-refractivity contribution is 5.99. The van der Waals surface area contributed by atoms with E-state index in [1.54, 1.807) is 0 Å². The van der Waals surface area contributed by atoms with Gasteiger partial charge in [0.15, 0.2) is 5.78 Å². The van der Waals surface area contributed by atoms with Crippen LogP contribution in [-0.4, -0.2) is 42.1 Å². The maximum atomic E-state index is 13.2. The smallest absolute Gasteiger partial charge is 0.308 e. The van der Waals surface area contributed by atoms with Gasteiger partial charge in [-0.25, -0.2) is 0 Å². The summed E-state index contributed by atoms with van der Waals surface area (Å²) in [7, 11) is 0. The van der Waals surface area contributed by atoms with Crippen LogP contribution in [0.15, 0.2) is 11.1 Å². The van der Waals surface area contributed by atoms with Gasteiger partial charge < -0.3 is 14.2 Å². The zero-order valence-electron chi connectivity index (χ0n) is 20.3. The molecule has 6 nitrogen and oxygen atoms in total. The Bertz CT molecular complexity index is 979. The summed E-state index contributed by atoms with van der Waals surface area (Å²) in [5.74, 6) is 0.551. The molecule has 0 aromatic rings. The van der Waals surface area contributed by atoms with E-state index >= 15 is 0 Å². The lowest BCUT2D eigenvalue weighted by Crippen LogP contribution is -2.65. The van der Waals surface area contributed by atoms with E-state index in [1.165, 1.54) is 5.57 Å². The van der Waals surface area contributed by atoms with Crippen molar-refractivity contribution in [3.63, 3.8) is 0 Å². The SMILES string of the molecule is CC1(C)O[C@H]2CC(=O)OC[C@]23[C@H]2CCC4=C([C@H]5CCC(=O)O5)C(=O)CC[C@@]4(C)[C@]2(C)CC[C@@H]13. The van der Waals surface area contributed by atoms with Crippen molar-refractivity contribution in [3.05, 3.63) is 11.1 Å². The van der Waals surface area contributed by atoms with Crippen molar-refractivity contribution in [2.45, 2.75) is 103 Å². The number of rotatable bonds is 1. The van der Waals surface area contributed by atoms with Crippen LogP contribution < -0.4 is 0 Å². The summed E-state index contributed by atoms with van der Waals surface area (Å²) in [6, 6.07) is 0. The molecule has 5 fully saturated rings. The third kappa shape index (κ3) is 2.62. The van der Waals surface area contributed by atoms with E-state index in [2.05, 4.69) is 27.7 Å². The van der Waals surface area contributed by atoms with E-state index in [4.69, 9.17) is 14.2 Å². The summed E-state index contributed by atoms with van der Waals surface area (Å²) >= 11 is 0. The van der Waals surface area contributed by atoms with E-state index < -0.39 is 0 Å². The molecule has 180 valence electrons. The molecule has 3 aliphatic heterocycles. The van der Waals surface area contributed by atoms with Gasteiger partial charge in [0.05, 0.1) is 18.1 Å². The molecule has 6 heteroatoms. The molecule has 6 rings (SSSR count). The highest BCUT2D eigenvalue weighted by Gasteiger charge is 2.73. The van der Waals surface area contributed by atoms with Gasteiger partial charge >= 0.3 is 11.9 Å². The minimum Gasteiger partial charge on any atom is -0.465 e. The van der Waals surface area contributed by atoms with Crippen LogP contribution in [0.2, 0.25) is 0 Å². The lowest BCUT2D eigenvalue weighted by molar-refractivity contribution is -0.200. The fourth-order valence-electron chi connectivity index (χ4n) is 9.46. The Morgan fingerprint density at radius 1 is 0.848 bits per heavy atom. The second kappa shape index (κ2) is 6.71. The second-order valence-corrected chi connectivity index (χ2v) is 12.5. The minimum absolute atomic E-state index is 0.0303. The van der Waals surface area contributed by atoms with Crippen LogP contribution >= 0.6 is 0 Å². The molecule has 0 amide bonds. The normalized spacial score (nSPS) is 48.4. The Balaban J connectivity index is 1.47. The van der Waals surface area contributed by atoms with Crippen LogP contribution in [0.3, 0.4) is 0 Å². The largest absolute Gasteiger partial charge is 0.465 e. The fraction of sp³-hybridized carbons (Fsp3) is 0.815. The van der Waals surface area contributed by atoms with Gasteiger partial charge in [0, 0.05) is 23.8 Å². The van der Waals surface area contributed by atoms with E-state index in [-0.39, 0.29) is 51.8 Å². The van der Waals surface area contributed by atoms with E-state index in [0.29, 0.717) is 44.1 Å². The van der Waals surface area contributed by atoms with Crippen LogP contribution in [0.1, 0.15) is 85.5 Å². The van der Waals surface area contributed by atoms with Gasteiger partial charge in [0.25, 0.3) is 0 Å². The van der Waals surface area contributed by atoms with Crippen LogP contribution in [0.4, 0.5) is 0 Å². The number of hydrogen-bond donors (Lipinski definition) is 0. The highest BCUT2D eigenvalue weighted by atomic mass is 16.6. The molecule has 3 heterocycles. The third-order valence-electron chi connectivity index (χ3n) is 11.0. The van der Waals surface area contributed by atoms with E-state index in [0.717, 1.165) is 37.7 Å². The van der Waals surface area contributed by atoms with Crippen molar-refractivity contribution >= 4 is 17.7 Å². The monoisotopic (exact) mass is 456 g/mol. The van der Waals surface area contributed by atoms with Crippen molar-refractivity contribution in [3.8, 4) is 0 Å². The first-order valence-electron chi connectivity index (χ1n) is 12.8. The first-order valence-corrected chi connectivity index (χ1v) is 12.8. The molecule has 33 heavy (non-hydrogen) atoms. The van der Waals surface area contributed by atoms with Crippen molar-refractivity contribution in [1.82, 2.24) is 0 Å². The third-order valence-corrected chi connectivity index (χ3v) is 11.0. The summed E-state index contributed by atoms with van der Waals surface area (Å²) in [6.07, 6.45) is 6.17. The summed E-state index contributed by atoms with van der Waals surface area (Å²) in [4.78, 5) is 37.3. The van der Waals surface area contributed by atoms with Gasteiger partial charge in [-0.15, -0.1) is 0 Å². The number of carbonyl (C=O) groups excluding carboxylic acids is 3. The summed E-state index contributed by atoms with van der Waals surface area (Å²) in [5, 5.41) is 0. The molecule has 2 saturated carbocycles. The summed E-state index contributed by atoms with van der Waals surface area (Å²) in [5.41, 5.74) is 1.45. The minimum atomic E-state index is -0.369. The summed E-state index contributed by atoms with van der Waals surface area (Å²) in [6.45, 7) is 9.61. The van der Waals surface area contributed by atoms with Crippen molar-refractivity contribution in [2.75, 3.05) is 6.61 Å². The topological polar surface area (TPSA) is 78.9 Å². The molecule has 3 aliphatic carbocycles.